The summed E-state index contributed by atoms with van der Waals surface area (Å²) in [6, 6.07) is 8.35. The molecule has 0 unspecified atom stereocenters. The first-order valence-electron chi connectivity index (χ1n) is 11.7. The highest BCUT2D eigenvalue weighted by molar-refractivity contribution is 5.79. The zero-order valence-corrected chi connectivity index (χ0v) is 18.8. The number of aliphatic imine (C=N–C) groups is 1. The molecule has 0 aliphatic carbocycles. The smallest absolute Gasteiger partial charge is 0.222 e. The minimum atomic E-state index is 0.270. The molecule has 3 rings (SSSR count). The zero-order chi connectivity index (χ0) is 21.2. The Labute approximate surface area is 182 Å². The van der Waals surface area contributed by atoms with Gasteiger partial charge in [0.1, 0.15) is 0 Å². The number of amides is 1. The van der Waals surface area contributed by atoms with Crippen LogP contribution in [0.3, 0.4) is 0 Å². The van der Waals surface area contributed by atoms with Gasteiger partial charge in [-0.1, -0.05) is 31.2 Å². The van der Waals surface area contributed by atoms with Crippen LogP contribution in [-0.4, -0.2) is 60.9 Å². The number of carbonyl (C=O) groups excluding carboxylic acids is 1. The molecule has 0 spiro atoms. The molecule has 2 saturated heterocycles. The van der Waals surface area contributed by atoms with Crippen molar-refractivity contribution in [3.05, 3.63) is 35.4 Å². The summed E-state index contributed by atoms with van der Waals surface area (Å²) in [6.45, 7) is 12.1. The number of benzene rings is 1. The van der Waals surface area contributed by atoms with Crippen molar-refractivity contribution in [3.63, 3.8) is 0 Å². The number of hydrogen-bond acceptors (Lipinski definition) is 3. The van der Waals surface area contributed by atoms with Crippen LogP contribution in [0, 0.1) is 5.92 Å². The fourth-order valence-electron chi connectivity index (χ4n) is 4.24. The van der Waals surface area contributed by atoms with Crippen LogP contribution in [0.2, 0.25) is 0 Å². The van der Waals surface area contributed by atoms with Crippen molar-refractivity contribution in [1.82, 2.24) is 20.4 Å². The lowest BCUT2D eigenvalue weighted by Gasteiger charge is -2.30. The third-order valence-corrected chi connectivity index (χ3v) is 6.22. The summed E-state index contributed by atoms with van der Waals surface area (Å²) < 4.78 is 0. The lowest BCUT2D eigenvalue weighted by Crippen LogP contribution is -2.39. The van der Waals surface area contributed by atoms with Crippen molar-refractivity contribution in [3.8, 4) is 0 Å². The molecule has 0 radical (unpaired) electrons. The Kier molecular flexibility index (Phi) is 9.00. The van der Waals surface area contributed by atoms with Gasteiger partial charge in [-0.3, -0.25) is 4.79 Å². The summed E-state index contributed by atoms with van der Waals surface area (Å²) in [5, 5.41) is 6.84. The number of hydrogen-bond donors (Lipinski definition) is 2. The van der Waals surface area contributed by atoms with Crippen molar-refractivity contribution in [1.29, 1.82) is 0 Å². The average molecular weight is 414 g/mol. The van der Waals surface area contributed by atoms with Crippen LogP contribution in [0.15, 0.2) is 29.3 Å². The molecule has 0 atom stereocenters. The Morgan fingerprint density at radius 1 is 1.13 bits per heavy atom. The second-order valence-corrected chi connectivity index (χ2v) is 8.69. The van der Waals surface area contributed by atoms with Crippen LogP contribution in [0.25, 0.3) is 0 Å². The van der Waals surface area contributed by atoms with Crippen LogP contribution in [0.1, 0.15) is 57.1 Å². The van der Waals surface area contributed by atoms with Crippen LogP contribution in [0.5, 0.6) is 0 Å². The van der Waals surface area contributed by atoms with Gasteiger partial charge in [0.15, 0.2) is 5.96 Å². The Balaban J connectivity index is 1.48. The zero-order valence-electron chi connectivity index (χ0n) is 18.8. The monoisotopic (exact) mass is 413 g/mol. The molecule has 2 aliphatic rings. The molecule has 1 aromatic rings. The van der Waals surface area contributed by atoms with Gasteiger partial charge in [0, 0.05) is 32.6 Å². The van der Waals surface area contributed by atoms with Gasteiger partial charge in [-0.2, -0.15) is 0 Å². The minimum Gasteiger partial charge on any atom is -0.357 e. The predicted octanol–water partition coefficient (Wildman–Crippen LogP) is 2.99. The highest BCUT2D eigenvalue weighted by atomic mass is 16.2. The van der Waals surface area contributed by atoms with Gasteiger partial charge >= 0.3 is 0 Å². The van der Waals surface area contributed by atoms with E-state index in [4.69, 9.17) is 4.99 Å². The quantitative estimate of drug-likeness (QED) is 0.371. The summed E-state index contributed by atoms with van der Waals surface area (Å²) in [4.78, 5) is 21.4. The van der Waals surface area contributed by atoms with E-state index in [1.54, 1.807) is 0 Å². The van der Waals surface area contributed by atoms with E-state index in [1.807, 2.05) is 11.0 Å². The van der Waals surface area contributed by atoms with Gasteiger partial charge in [0.25, 0.3) is 0 Å². The van der Waals surface area contributed by atoms with Gasteiger partial charge in [-0.15, -0.1) is 0 Å². The van der Waals surface area contributed by atoms with E-state index in [9.17, 15) is 4.79 Å². The maximum absolute atomic E-state index is 12.0. The first kappa shape index (κ1) is 22.6. The van der Waals surface area contributed by atoms with Gasteiger partial charge in [0.05, 0.1) is 6.54 Å². The number of likely N-dealkylation sites (tertiary alicyclic amines) is 2. The lowest BCUT2D eigenvalue weighted by molar-refractivity contribution is -0.128. The fraction of sp³-hybridized carbons (Fsp3) is 0.667. The van der Waals surface area contributed by atoms with E-state index in [0.29, 0.717) is 19.5 Å². The number of guanidine groups is 1. The van der Waals surface area contributed by atoms with E-state index in [2.05, 4.69) is 47.6 Å². The first-order valence-corrected chi connectivity index (χ1v) is 11.7. The maximum atomic E-state index is 12.0. The van der Waals surface area contributed by atoms with E-state index in [1.165, 1.54) is 37.1 Å². The standard InChI is InChI=1S/C24H39N5O/c1-3-25-24(26-13-7-14-28-16-11-20(2)12-17-28)27-18-21-8-4-5-9-22(21)19-29-15-6-10-23(29)30/h4-5,8-9,20H,3,6-7,10-19H2,1-2H3,(H2,25,26,27). The molecule has 6 heteroatoms. The summed E-state index contributed by atoms with van der Waals surface area (Å²) in [7, 11) is 0. The molecule has 2 heterocycles. The fourth-order valence-corrected chi connectivity index (χ4v) is 4.24. The molecule has 2 aliphatic heterocycles. The summed E-state index contributed by atoms with van der Waals surface area (Å²) in [5.74, 6) is 2.03. The Morgan fingerprint density at radius 2 is 1.90 bits per heavy atom. The molecule has 6 nitrogen and oxygen atoms in total. The van der Waals surface area contributed by atoms with Gasteiger partial charge in [-0.25, -0.2) is 4.99 Å². The molecular weight excluding hydrogens is 374 g/mol. The summed E-state index contributed by atoms with van der Waals surface area (Å²) >= 11 is 0. The number of piperidine rings is 1. The Bertz CT molecular complexity index is 697. The molecule has 1 aromatic carbocycles. The van der Waals surface area contributed by atoms with E-state index in [-0.39, 0.29) is 5.91 Å². The molecule has 2 fully saturated rings. The van der Waals surface area contributed by atoms with E-state index >= 15 is 0 Å². The van der Waals surface area contributed by atoms with Crippen LogP contribution >= 0.6 is 0 Å². The molecular formula is C24H39N5O. The van der Waals surface area contributed by atoms with Crippen molar-refractivity contribution >= 4 is 11.9 Å². The molecule has 166 valence electrons. The number of rotatable bonds is 9. The molecule has 0 bridgehead atoms. The molecule has 30 heavy (non-hydrogen) atoms. The third kappa shape index (κ3) is 7.01. The molecule has 2 N–H and O–H groups in total. The summed E-state index contributed by atoms with van der Waals surface area (Å²) in [5.41, 5.74) is 2.39. The van der Waals surface area contributed by atoms with Crippen LogP contribution in [-0.2, 0) is 17.9 Å². The molecule has 0 aromatic heterocycles. The van der Waals surface area contributed by atoms with Gasteiger partial charge in [0.2, 0.25) is 5.91 Å². The van der Waals surface area contributed by atoms with Crippen molar-refractivity contribution < 1.29 is 4.79 Å². The topological polar surface area (TPSA) is 60.0 Å². The second-order valence-electron chi connectivity index (χ2n) is 8.69. The SMILES string of the molecule is CCNC(=NCc1ccccc1CN1CCCC1=O)NCCCN1CCC(C)CC1. The highest BCUT2D eigenvalue weighted by Gasteiger charge is 2.20. The molecule has 1 amide bonds. The van der Waals surface area contributed by atoms with Gasteiger partial charge < -0.3 is 20.4 Å². The lowest BCUT2D eigenvalue weighted by atomic mass is 9.99. The van der Waals surface area contributed by atoms with Crippen molar-refractivity contribution in [2.24, 2.45) is 10.9 Å². The largest absolute Gasteiger partial charge is 0.357 e. The third-order valence-electron chi connectivity index (χ3n) is 6.22. The number of nitrogens with zero attached hydrogens (tertiary/aromatic N) is 3. The number of nitrogens with one attached hydrogen (secondary N) is 2. The minimum absolute atomic E-state index is 0.270. The van der Waals surface area contributed by atoms with Crippen molar-refractivity contribution in [2.45, 2.75) is 59.0 Å². The first-order chi connectivity index (χ1) is 14.7. The Hall–Kier alpha value is -2.08. The highest BCUT2D eigenvalue weighted by Crippen LogP contribution is 2.18. The van der Waals surface area contributed by atoms with Crippen molar-refractivity contribution in [2.75, 3.05) is 39.3 Å². The normalized spacial score (nSPS) is 18.8. The van der Waals surface area contributed by atoms with Gasteiger partial charge in [-0.05, 0) is 69.3 Å². The Morgan fingerprint density at radius 3 is 2.60 bits per heavy atom. The molecule has 0 saturated carbocycles. The predicted molar refractivity (Wildman–Crippen MR) is 123 cm³/mol. The second kappa shape index (κ2) is 11.9. The average Bonchev–Trinajstić information content (AvgIpc) is 3.16. The maximum Gasteiger partial charge on any atom is 0.222 e. The summed E-state index contributed by atoms with van der Waals surface area (Å²) in [6.07, 6.45) is 5.46. The van der Waals surface area contributed by atoms with E-state index in [0.717, 1.165) is 50.9 Å². The van der Waals surface area contributed by atoms with Crippen LogP contribution in [0.4, 0.5) is 0 Å². The van der Waals surface area contributed by atoms with E-state index < -0.39 is 0 Å². The number of carbonyl (C=O) groups is 1. The van der Waals surface area contributed by atoms with Crippen LogP contribution < -0.4 is 10.6 Å².